The van der Waals surface area contributed by atoms with E-state index in [0.717, 1.165) is 49.9 Å². The minimum absolute atomic E-state index is 0.766. The summed E-state index contributed by atoms with van der Waals surface area (Å²) in [4.78, 5) is 0. The molecule has 0 saturated heterocycles. The smallest absolute Gasteiger partial charge is 0.321 e. The summed E-state index contributed by atoms with van der Waals surface area (Å²) in [7, 11) is -1.41. The summed E-state index contributed by atoms with van der Waals surface area (Å²) >= 11 is 0. The molecule has 4 heteroatoms. The van der Waals surface area contributed by atoms with Gasteiger partial charge in [0, 0.05) is 25.4 Å². The van der Waals surface area contributed by atoms with Crippen LogP contribution in [0.3, 0.4) is 0 Å². The predicted molar refractivity (Wildman–Crippen MR) is 89.5 cm³/mol. The molecule has 1 aromatic rings. The van der Waals surface area contributed by atoms with Crippen LogP contribution in [0.2, 0.25) is 6.04 Å². The van der Waals surface area contributed by atoms with Crippen molar-refractivity contribution < 1.29 is 8.85 Å². The molecular formula is C16H27NO2Si. The van der Waals surface area contributed by atoms with Gasteiger partial charge in [-0.2, -0.15) is 0 Å². The molecule has 1 rings (SSSR count). The summed E-state index contributed by atoms with van der Waals surface area (Å²) in [6, 6.07) is 9.33. The van der Waals surface area contributed by atoms with Gasteiger partial charge in [-0.3, -0.25) is 0 Å². The Hall–Kier alpha value is -1.10. The standard InChI is InChI=1S/C16H27NO2Si/c1-4-15-11-7-8-12-16(15)17-13-9-10-14-20(18-5-2)19-6-3/h4,7-8,11-12,17,20H,1,5-6,9-10,13-14H2,2-3H3. The summed E-state index contributed by atoms with van der Waals surface area (Å²) in [5, 5.41) is 3.46. The van der Waals surface area contributed by atoms with Crippen molar-refractivity contribution >= 4 is 21.0 Å². The quantitative estimate of drug-likeness (QED) is 0.497. The van der Waals surface area contributed by atoms with Gasteiger partial charge in [0.05, 0.1) is 0 Å². The average Bonchev–Trinajstić information content (AvgIpc) is 2.47. The van der Waals surface area contributed by atoms with Crippen molar-refractivity contribution in [3.8, 4) is 0 Å². The van der Waals surface area contributed by atoms with E-state index >= 15 is 0 Å². The number of unbranched alkanes of at least 4 members (excludes halogenated alkanes) is 1. The molecule has 20 heavy (non-hydrogen) atoms. The van der Waals surface area contributed by atoms with Crippen LogP contribution in [0.1, 0.15) is 32.3 Å². The first-order chi connectivity index (χ1) is 9.81. The van der Waals surface area contributed by atoms with Gasteiger partial charge in [0.25, 0.3) is 0 Å². The van der Waals surface area contributed by atoms with E-state index in [4.69, 9.17) is 8.85 Å². The molecule has 0 saturated carbocycles. The fourth-order valence-electron chi connectivity index (χ4n) is 2.08. The van der Waals surface area contributed by atoms with Gasteiger partial charge in [-0.15, -0.1) is 0 Å². The number of benzene rings is 1. The fourth-order valence-corrected chi connectivity index (χ4v) is 3.88. The van der Waals surface area contributed by atoms with Crippen molar-refractivity contribution in [1.29, 1.82) is 0 Å². The molecule has 0 heterocycles. The van der Waals surface area contributed by atoms with E-state index in [0.29, 0.717) is 0 Å². The highest BCUT2D eigenvalue weighted by atomic mass is 28.3. The van der Waals surface area contributed by atoms with E-state index in [1.54, 1.807) is 0 Å². The third kappa shape index (κ3) is 6.37. The van der Waals surface area contributed by atoms with Crippen molar-refractivity contribution in [3.05, 3.63) is 36.4 Å². The monoisotopic (exact) mass is 293 g/mol. The fraction of sp³-hybridized carbons (Fsp3) is 0.500. The summed E-state index contributed by atoms with van der Waals surface area (Å²) in [6.45, 7) is 10.4. The van der Waals surface area contributed by atoms with Gasteiger partial charge in [0.15, 0.2) is 0 Å². The third-order valence-corrected chi connectivity index (χ3v) is 5.36. The number of hydrogen-bond donors (Lipinski definition) is 1. The minimum Gasteiger partial charge on any atom is -0.397 e. The molecular weight excluding hydrogens is 266 g/mol. The van der Waals surface area contributed by atoms with Crippen LogP contribution in [0, 0.1) is 0 Å². The summed E-state index contributed by atoms with van der Waals surface area (Å²) in [5.41, 5.74) is 2.31. The molecule has 0 aliphatic rings. The van der Waals surface area contributed by atoms with Crippen LogP contribution in [-0.4, -0.2) is 29.0 Å². The molecule has 112 valence electrons. The second-order valence-electron chi connectivity index (χ2n) is 4.55. The predicted octanol–water partition coefficient (Wildman–Crippen LogP) is 3.82. The maximum absolute atomic E-state index is 5.67. The Morgan fingerprint density at radius 2 is 1.85 bits per heavy atom. The summed E-state index contributed by atoms with van der Waals surface area (Å²) in [6.07, 6.45) is 4.17. The van der Waals surface area contributed by atoms with E-state index in [1.165, 1.54) is 0 Å². The molecule has 0 aliphatic carbocycles. The number of para-hydroxylation sites is 1. The molecule has 0 amide bonds. The zero-order valence-electron chi connectivity index (χ0n) is 12.7. The SMILES string of the molecule is C=Cc1ccccc1NCCCC[SiH](OCC)OCC. The number of nitrogens with one attached hydrogen (secondary N) is 1. The van der Waals surface area contributed by atoms with Crippen LogP contribution < -0.4 is 5.32 Å². The second-order valence-corrected chi connectivity index (χ2v) is 6.66. The molecule has 0 unspecified atom stereocenters. The lowest BCUT2D eigenvalue weighted by atomic mass is 10.1. The lowest BCUT2D eigenvalue weighted by molar-refractivity contribution is 0.212. The van der Waals surface area contributed by atoms with Crippen molar-refractivity contribution in [1.82, 2.24) is 0 Å². The van der Waals surface area contributed by atoms with Crippen LogP contribution in [-0.2, 0) is 8.85 Å². The highest BCUT2D eigenvalue weighted by molar-refractivity contribution is 6.44. The molecule has 0 fully saturated rings. The van der Waals surface area contributed by atoms with Crippen molar-refractivity contribution in [2.45, 2.75) is 32.7 Å². The maximum Gasteiger partial charge on any atom is 0.321 e. The lowest BCUT2D eigenvalue weighted by Crippen LogP contribution is -2.22. The number of anilines is 1. The summed E-state index contributed by atoms with van der Waals surface area (Å²) in [5.74, 6) is 0. The molecule has 1 aromatic carbocycles. The normalized spacial score (nSPS) is 10.8. The van der Waals surface area contributed by atoms with Crippen LogP contribution >= 0.6 is 0 Å². The molecule has 0 radical (unpaired) electrons. The van der Waals surface area contributed by atoms with E-state index < -0.39 is 9.28 Å². The van der Waals surface area contributed by atoms with Gasteiger partial charge in [-0.05, 0) is 44.4 Å². The Balaban J connectivity index is 2.22. The Kier molecular flexibility index (Phi) is 9.03. The first-order valence-corrected chi connectivity index (χ1v) is 9.26. The molecule has 0 atom stereocenters. The molecule has 1 N–H and O–H groups in total. The van der Waals surface area contributed by atoms with Crippen LogP contribution in [0.5, 0.6) is 0 Å². The topological polar surface area (TPSA) is 30.5 Å². The maximum atomic E-state index is 5.67. The Morgan fingerprint density at radius 3 is 2.50 bits per heavy atom. The zero-order chi connectivity index (χ0) is 14.6. The molecule has 0 aromatic heterocycles. The van der Waals surface area contributed by atoms with Crippen molar-refractivity contribution in [3.63, 3.8) is 0 Å². The van der Waals surface area contributed by atoms with E-state index in [9.17, 15) is 0 Å². The van der Waals surface area contributed by atoms with Gasteiger partial charge in [0.1, 0.15) is 0 Å². The van der Waals surface area contributed by atoms with Gasteiger partial charge in [-0.1, -0.05) is 30.9 Å². The summed E-state index contributed by atoms with van der Waals surface area (Å²) < 4.78 is 11.3. The first kappa shape index (κ1) is 16.9. The molecule has 0 bridgehead atoms. The van der Waals surface area contributed by atoms with E-state index in [2.05, 4.69) is 24.0 Å². The number of hydrogen-bond acceptors (Lipinski definition) is 3. The van der Waals surface area contributed by atoms with Crippen molar-refractivity contribution in [2.24, 2.45) is 0 Å². The van der Waals surface area contributed by atoms with Gasteiger partial charge >= 0.3 is 9.28 Å². The minimum atomic E-state index is -1.41. The number of rotatable bonds is 11. The molecule has 3 nitrogen and oxygen atoms in total. The highest BCUT2D eigenvalue weighted by Crippen LogP contribution is 2.16. The molecule has 0 aliphatic heterocycles. The van der Waals surface area contributed by atoms with Crippen LogP contribution in [0.25, 0.3) is 6.08 Å². The molecule has 0 spiro atoms. The van der Waals surface area contributed by atoms with Gasteiger partial charge < -0.3 is 14.2 Å². The average molecular weight is 293 g/mol. The Morgan fingerprint density at radius 1 is 1.15 bits per heavy atom. The third-order valence-electron chi connectivity index (χ3n) is 3.07. The Labute approximate surface area is 124 Å². The van der Waals surface area contributed by atoms with Crippen molar-refractivity contribution in [2.75, 3.05) is 25.1 Å². The van der Waals surface area contributed by atoms with Gasteiger partial charge in [0.2, 0.25) is 0 Å². The van der Waals surface area contributed by atoms with Crippen LogP contribution in [0.15, 0.2) is 30.8 Å². The van der Waals surface area contributed by atoms with E-state index in [1.807, 2.05) is 32.1 Å². The first-order valence-electron chi connectivity index (χ1n) is 7.50. The van der Waals surface area contributed by atoms with E-state index in [-0.39, 0.29) is 0 Å². The van der Waals surface area contributed by atoms with Gasteiger partial charge in [-0.25, -0.2) is 0 Å². The lowest BCUT2D eigenvalue weighted by Gasteiger charge is -2.15. The Bertz CT molecular complexity index is 378. The second kappa shape index (κ2) is 10.7. The zero-order valence-corrected chi connectivity index (χ0v) is 13.9. The van der Waals surface area contributed by atoms with Crippen LogP contribution in [0.4, 0.5) is 5.69 Å². The largest absolute Gasteiger partial charge is 0.397 e. The highest BCUT2D eigenvalue weighted by Gasteiger charge is 2.10.